The van der Waals surface area contributed by atoms with E-state index in [1.165, 1.54) is 0 Å². The summed E-state index contributed by atoms with van der Waals surface area (Å²) in [5.74, 6) is -1.97. The van der Waals surface area contributed by atoms with Gasteiger partial charge < -0.3 is 11.1 Å². The molecule has 2 aliphatic heterocycles. The Morgan fingerprint density at radius 2 is 1.97 bits per heavy atom. The van der Waals surface area contributed by atoms with Crippen LogP contribution in [0.1, 0.15) is 72.6 Å². The zero-order valence-electron chi connectivity index (χ0n) is 16.7. The lowest BCUT2D eigenvalue weighted by atomic mass is 10.0. The first-order chi connectivity index (χ1) is 13.9. The first-order valence-corrected chi connectivity index (χ1v) is 10.3. The Hall–Kier alpha value is -2.74. The third-order valence-electron chi connectivity index (χ3n) is 5.44. The van der Waals surface area contributed by atoms with Crippen molar-refractivity contribution in [1.82, 2.24) is 10.2 Å². The Bertz CT molecular complexity index is 823. The second kappa shape index (κ2) is 9.17. The minimum absolute atomic E-state index is 0.106. The highest BCUT2D eigenvalue weighted by Crippen LogP contribution is 2.32. The fraction of sp³-hybridized carbons (Fsp3) is 0.524. The molecule has 2 aliphatic rings. The van der Waals surface area contributed by atoms with Crippen molar-refractivity contribution in [3.05, 3.63) is 29.3 Å². The van der Waals surface area contributed by atoms with Gasteiger partial charge in [-0.05, 0) is 37.8 Å². The first kappa shape index (κ1) is 21.0. The van der Waals surface area contributed by atoms with Gasteiger partial charge in [0.2, 0.25) is 11.8 Å². The fourth-order valence-electron chi connectivity index (χ4n) is 3.93. The van der Waals surface area contributed by atoms with Crippen molar-refractivity contribution in [2.24, 2.45) is 5.73 Å². The standard InChI is InChI=1S/C21H28N4O4/c1-2-6-13(22)7-3-4-12-23-15-9-5-8-14-18(15)21(29)25(20(14)28)16-10-11-17(26)24-19(16)27/h5,8-9,13,16,23H,2-4,6-7,10-12,22H2,1H3,(H,24,26,27). The van der Waals surface area contributed by atoms with Crippen LogP contribution in [-0.2, 0) is 9.59 Å². The van der Waals surface area contributed by atoms with Gasteiger partial charge in [0.15, 0.2) is 0 Å². The molecule has 3 rings (SSSR count). The molecule has 0 spiro atoms. The van der Waals surface area contributed by atoms with Gasteiger partial charge in [0, 0.05) is 24.7 Å². The summed E-state index contributed by atoms with van der Waals surface area (Å²) in [6.07, 6.45) is 5.20. The SMILES string of the molecule is CCCC(N)CCCCNc1cccc2c1C(=O)N(C1CCC(=O)NC1=O)C2=O. The summed E-state index contributed by atoms with van der Waals surface area (Å²) in [4.78, 5) is 50.3. The predicted octanol–water partition coefficient (Wildman–Crippen LogP) is 1.80. The number of amides is 4. The Morgan fingerprint density at radius 3 is 2.69 bits per heavy atom. The monoisotopic (exact) mass is 400 g/mol. The van der Waals surface area contributed by atoms with E-state index >= 15 is 0 Å². The third kappa shape index (κ3) is 4.48. The molecule has 1 aromatic rings. The highest BCUT2D eigenvalue weighted by molar-refractivity contribution is 6.25. The molecule has 0 saturated carbocycles. The molecule has 4 N–H and O–H groups in total. The molecular weight excluding hydrogens is 372 g/mol. The number of unbranched alkanes of at least 4 members (excludes halogenated alkanes) is 1. The number of imide groups is 2. The normalized spacial score (nSPS) is 19.9. The molecule has 0 aromatic heterocycles. The van der Waals surface area contributed by atoms with E-state index in [4.69, 9.17) is 5.73 Å². The van der Waals surface area contributed by atoms with Crippen LogP contribution < -0.4 is 16.4 Å². The Balaban J connectivity index is 1.65. The Labute approximate surface area is 170 Å². The van der Waals surface area contributed by atoms with Gasteiger partial charge in [-0.3, -0.25) is 29.4 Å². The topological polar surface area (TPSA) is 122 Å². The number of nitrogens with two attached hydrogens (primary N) is 1. The zero-order chi connectivity index (χ0) is 21.0. The second-order valence-corrected chi connectivity index (χ2v) is 7.65. The maximum Gasteiger partial charge on any atom is 0.264 e. The molecule has 0 aliphatic carbocycles. The number of carbonyl (C=O) groups is 4. The number of piperidine rings is 1. The molecule has 1 saturated heterocycles. The molecular formula is C21H28N4O4. The molecule has 4 amide bonds. The average Bonchev–Trinajstić information content (AvgIpc) is 2.93. The van der Waals surface area contributed by atoms with Gasteiger partial charge in [-0.1, -0.05) is 25.8 Å². The molecule has 8 heteroatoms. The van der Waals surface area contributed by atoms with Crippen LogP contribution in [0.5, 0.6) is 0 Å². The zero-order valence-corrected chi connectivity index (χ0v) is 16.7. The van der Waals surface area contributed by atoms with Crippen molar-refractivity contribution in [1.29, 1.82) is 0 Å². The summed E-state index contributed by atoms with van der Waals surface area (Å²) in [7, 11) is 0. The average molecular weight is 400 g/mol. The number of hydrogen-bond acceptors (Lipinski definition) is 6. The fourth-order valence-corrected chi connectivity index (χ4v) is 3.93. The third-order valence-corrected chi connectivity index (χ3v) is 5.44. The lowest BCUT2D eigenvalue weighted by molar-refractivity contribution is -0.136. The van der Waals surface area contributed by atoms with E-state index in [-0.39, 0.29) is 30.4 Å². The largest absolute Gasteiger partial charge is 0.384 e. The maximum atomic E-state index is 13.0. The van der Waals surface area contributed by atoms with Crippen molar-refractivity contribution in [3.8, 4) is 0 Å². The van der Waals surface area contributed by atoms with Crippen LogP contribution >= 0.6 is 0 Å². The van der Waals surface area contributed by atoms with Gasteiger partial charge in [0.1, 0.15) is 6.04 Å². The Kier molecular flexibility index (Phi) is 6.64. The number of hydrogen-bond donors (Lipinski definition) is 3. The number of carbonyl (C=O) groups excluding carboxylic acids is 4. The van der Waals surface area contributed by atoms with E-state index in [9.17, 15) is 19.2 Å². The number of rotatable bonds is 9. The number of fused-ring (bicyclic) bond motifs is 1. The molecule has 1 fully saturated rings. The minimum Gasteiger partial charge on any atom is -0.384 e. The van der Waals surface area contributed by atoms with Crippen LogP contribution in [0.25, 0.3) is 0 Å². The highest BCUT2D eigenvalue weighted by Gasteiger charge is 2.45. The summed E-state index contributed by atoms with van der Waals surface area (Å²) in [5.41, 5.74) is 7.20. The summed E-state index contributed by atoms with van der Waals surface area (Å²) in [6.45, 7) is 2.78. The molecule has 156 valence electrons. The van der Waals surface area contributed by atoms with E-state index < -0.39 is 23.8 Å². The predicted molar refractivity (Wildman–Crippen MR) is 108 cm³/mol. The van der Waals surface area contributed by atoms with Crippen LogP contribution in [0.15, 0.2) is 18.2 Å². The lowest BCUT2D eigenvalue weighted by Gasteiger charge is -2.27. The van der Waals surface area contributed by atoms with Crippen LogP contribution in [0.4, 0.5) is 5.69 Å². The maximum absolute atomic E-state index is 13.0. The van der Waals surface area contributed by atoms with Crippen LogP contribution in [0.3, 0.4) is 0 Å². The number of benzene rings is 1. The number of nitrogens with zero attached hydrogens (tertiary/aromatic N) is 1. The lowest BCUT2D eigenvalue weighted by Crippen LogP contribution is -2.54. The van der Waals surface area contributed by atoms with Gasteiger partial charge in [-0.2, -0.15) is 0 Å². The molecule has 0 radical (unpaired) electrons. The molecule has 29 heavy (non-hydrogen) atoms. The molecule has 2 heterocycles. The molecule has 2 atom stereocenters. The summed E-state index contributed by atoms with van der Waals surface area (Å²) in [6, 6.07) is 4.35. The number of anilines is 1. The quantitative estimate of drug-likeness (QED) is 0.429. The summed E-state index contributed by atoms with van der Waals surface area (Å²) >= 11 is 0. The van der Waals surface area contributed by atoms with E-state index in [1.807, 2.05) is 0 Å². The molecule has 0 bridgehead atoms. The van der Waals surface area contributed by atoms with Crippen molar-refractivity contribution >= 4 is 29.3 Å². The van der Waals surface area contributed by atoms with Gasteiger partial charge in [0.25, 0.3) is 11.8 Å². The van der Waals surface area contributed by atoms with Crippen molar-refractivity contribution in [2.45, 2.75) is 64.0 Å². The van der Waals surface area contributed by atoms with Crippen LogP contribution in [0.2, 0.25) is 0 Å². The molecule has 2 unspecified atom stereocenters. The minimum atomic E-state index is -0.951. The molecule has 1 aromatic carbocycles. The van der Waals surface area contributed by atoms with E-state index in [0.29, 0.717) is 17.8 Å². The van der Waals surface area contributed by atoms with Gasteiger partial charge in [-0.25, -0.2) is 0 Å². The van der Waals surface area contributed by atoms with E-state index in [1.54, 1.807) is 18.2 Å². The smallest absolute Gasteiger partial charge is 0.264 e. The second-order valence-electron chi connectivity index (χ2n) is 7.65. The van der Waals surface area contributed by atoms with E-state index in [0.717, 1.165) is 37.0 Å². The summed E-state index contributed by atoms with van der Waals surface area (Å²) in [5, 5.41) is 5.45. The van der Waals surface area contributed by atoms with Gasteiger partial charge in [-0.15, -0.1) is 0 Å². The first-order valence-electron chi connectivity index (χ1n) is 10.3. The highest BCUT2D eigenvalue weighted by atomic mass is 16.2. The van der Waals surface area contributed by atoms with E-state index in [2.05, 4.69) is 17.6 Å². The number of nitrogens with one attached hydrogen (secondary N) is 2. The summed E-state index contributed by atoms with van der Waals surface area (Å²) < 4.78 is 0. The van der Waals surface area contributed by atoms with Crippen LogP contribution in [0, 0.1) is 0 Å². The van der Waals surface area contributed by atoms with Gasteiger partial charge in [0.05, 0.1) is 11.1 Å². The van der Waals surface area contributed by atoms with Crippen molar-refractivity contribution < 1.29 is 19.2 Å². The van der Waals surface area contributed by atoms with Gasteiger partial charge >= 0.3 is 0 Å². The Morgan fingerprint density at radius 1 is 1.17 bits per heavy atom. The van der Waals surface area contributed by atoms with Crippen molar-refractivity contribution in [2.75, 3.05) is 11.9 Å². The van der Waals surface area contributed by atoms with Crippen molar-refractivity contribution in [3.63, 3.8) is 0 Å². The molecule has 8 nitrogen and oxygen atoms in total. The van der Waals surface area contributed by atoms with Crippen LogP contribution in [-0.4, -0.2) is 47.2 Å².